The number of halogens is 1. The van der Waals surface area contributed by atoms with Crippen LogP contribution in [0.3, 0.4) is 0 Å². The topological polar surface area (TPSA) is 88.6 Å². The second kappa shape index (κ2) is 15.0. The first-order chi connectivity index (χ1) is 25.4. The summed E-state index contributed by atoms with van der Waals surface area (Å²) in [5.74, 6) is 0.618. The maximum Gasteiger partial charge on any atom is 0.413 e. The molecule has 4 unspecified atom stereocenters. The molecule has 0 bridgehead atoms. The van der Waals surface area contributed by atoms with Crippen molar-refractivity contribution in [2.75, 3.05) is 19.1 Å². The van der Waals surface area contributed by atoms with Gasteiger partial charge in [-0.2, -0.15) is 0 Å². The zero-order valence-corrected chi connectivity index (χ0v) is 29.3. The molecule has 52 heavy (non-hydrogen) atoms. The van der Waals surface area contributed by atoms with E-state index >= 15 is 0 Å². The van der Waals surface area contributed by atoms with Gasteiger partial charge in [0.05, 0.1) is 20.3 Å². The van der Waals surface area contributed by atoms with Gasteiger partial charge in [0.2, 0.25) is 0 Å². The average Bonchev–Trinajstić information content (AvgIpc) is 3.48. The van der Waals surface area contributed by atoms with Gasteiger partial charge in [-0.25, -0.2) is 4.79 Å². The van der Waals surface area contributed by atoms with Crippen LogP contribution >= 0.6 is 11.6 Å². The number of anilines is 1. The SMILES string of the molecule is COc1ccc(N2C(=O)C(N3C(=O)C(c4ccccc4)N(C(=O)OCc4ccccc4)C3c3ccc(Cl)cc3)C2C=Cc2cccc(OC)c2)cc1. The minimum atomic E-state index is -1.07. The molecule has 2 aliphatic rings. The fourth-order valence-electron chi connectivity index (χ4n) is 6.81. The van der Waals surface area contributed by atoms with Gasteiger partial charge in [0, 0.05) is 10.7 Å². The van der Waals surface area contributed by atoms with Crippen LogP contribution in [0.4, 0.5) is 10.5 Å². The van der Waals surface area contributed by atoms with E-state index in [2.05, 4.69) is 0 Å². The summed E-state index contributed by atoms with van der Waals surface area (Å²) in [4.78, 5) is 48.5. The number of carbonyl (C=O) groups is 3. The molecule has 262 valence electrons. The molecule has 4 atom stereocenters. The van der Waals surface area contributed by atoms with Crippen LogP contribution in [0.15, 0.2) is 140 Å². The van der Waals surface area contributed by atoms with E-state index in [9.17, 15) is 14.4 Å². The normalized spacial score (nSPS) is 19.9. The lowest BCUT2D eigenvalue weighted by Crippen LogP contribution is -2.71. The molecule has 2 saturated heterocycles. The van der Waals surface area contributed by atoms with Gasteiger partial charge in [0.25, 0.3) is 11.8 Å². The van der Waals surface area contributed by atoms with Crippen LogP contribution in [0.2, 0.25) is 5.02 Å². The van der Waals surface area contributed by atoms with Gasteiger partial charge in [0.15, 0.2) is 0 Å². The Morgan fingerprint density at radius 1 is 0.731 bits per heavy atom. The molecule has 3 amide bonds. The third-order valence-corrected chi connectivity index (χ3v) is 9.59. The first kappa shape index (κ1) is 34.4. The molecular formula is C42H36ClN3O6. The monoisotopic (exact) mass is 713 g/mol. The van der Waals surface area contributed by atoms with Crippen LogP contribution in [-0.4, -0.2) is 54.0 Å². The summed E-state index contributed by atoms with van der Waals surface area (Å²) in [7, 11) is 3.18. The number of amides is 3. The average molecular weight is 714 g/mol. The van der Waals surface area contributed by atoms with E-state index in [1.165, 1.54) is 9.80 Å². The summed E-state index contributed by atoms with van der Waals surface area (Å²) in [5, 5.41) is 0.488. The summed E-state index contributed by atoms with van der Waals surface area (Å²) < 4.78 is 16.7. The van der Waals surface area contributed by atoms with E-state index in [0.29, 0.717) is 33.3 Å². The molecule has 7 rings (SSSR count). The maximum atomic E-state index is 15.0. The number of hydrogen-bond acceptors (Lipinski definition) is 6. The molecule has 0 spiro atoms. The lowest BCUT2D eigenvalue weighted by Gasteiger charge is -2.50. The first-order valence-electron chi connectivity index (χ1n) is 16.8. The summed E-state index contributed by atoms with van der Waals surface area (Å²) in [6, 6.07) is 37.4. The predicted octanol–water partition coefficient (Wildman–Crippen LogP) is 8.08. The maximum absolute atomic E-state index is 15.0. The Hall–Kier alpha value is -6.06. The molecule has 9 nitrogen and oxygen atoms in total. The van der Waals surface area contributed by atoms with E-state index in [-0.39, 0.29) is 12.5 Å². The molecule has 0 aliphatic carbocycles. The first-order valence-corrected chi connectivity index (χ1v) is 17.2. The van der Waals surface area contributed by atoms with Crippen LogP contribution in [-0.2, 0) is 20.9 Å². The number of hydrogen-bond donors (Lipinski definition) is 0. The second-order valence-electron chi connectivity index (χ2n) is 12.4. The van der Waals surface area contributed by atoms with E-state index in [0.717, 1.165) is 11.1 Å². The second-order valence-corrected chi connectivity index (χ2v) is 12.8. The minimum Gasteiger partial charge on any atom is -0.497 e. The molecule has 0 radical (unpaired) electrons. The van der Waals surface area contributed by atoms with Gasteiger partial charge in [0.1, 0.15) is 36.4 Å². The molecule has 5 aromatic rings. The fourth-order valence-corrected chi connectivity index (χ4v) is 6.93. The number of ether oxygens (including phenoxy) is 3. The van der Waals surface area contributed by atoms with Gasteiger partial charge < -0.3 is 24.0 Å². The van der Waals surface area contributed by atoms with Crippen molar-refractivity contribution in [2.45, 2.75) is 30.9 Å². The Bertz CT molecular complexity index is 2080. The quantitative estimate of drug-likeness (QED) is 0.136. The highest BCUT2D eigenvalue weighted by Crippen LogP contribution is 2.47. The summed E-state index contributed by atoms with van der Waals surface area (Å²) in [5.41, 5.74) is 3.47. The third kappa shape index (κ3) is 6.70. The van der Waals surface area contributed by atoms with Gasteiger partial charge in [-0.15, -0.1) is 0 Å². The Labute approximate surface area is 307 Å². The Morgan fingerprint density at radius 3 is 2.08 bits per heavy atom. The molecule has 2 fully saturated rings. The van der Waals surface area contributed by atoms with Gasteiger partial charge in [-0.1, -0.05) is 109 Å². The zero-order valence-electron chi connectivity index (χ0n) is 28.5. The van der Waals surface area contributed by atoms with Crippen LogP contribution in [0.1, 0.15) is 34.5 Å². The predicted molar refractivity (Wildman–Crippen MR) is 199 cm³/mol. The summed E-state index contributed by atoms with van der Waals surface area (Å²) in [6.45, 7) is -0.00127. The fraction of sp³-hybridized carbons (Fsp3) is 0.167. The van der Waals surface area contributed by atoms with Crippen LogP contribution in [0.5, 0.6) is 11.5 Å². The van der Waals surface area contributed by atoms with Crippen molar-refractivity contribution < 1.29 is 28.6 Å². The Balaban J connectivity index is 1.34. The lowest BCUT2D eigenvalue weighted by molar-refractivity contribution is -0.144. The summed E-state index contributed by atoms with van der Waals surface area (Å²) in [6.07, 6.45) is 2.11. The molecule has 2 heterocycles. The lowest BCUT2D eigenvalue weighted by atomic mass is 9.90. The van der Waals surface area contributed by atoms with Crippen molar-refractivity contribution in [3.8, 4) is 11.5 Å². The molecule has 0 aromatic heterocycles. The van der Waals surface area contributed by atoms with Crippen molar-refractivity contribution >= 4 is 41.3 Å². The molecule has 0 N–H and O–H groups in total. The van der Waals surface area contributed by atoms with Crippen LogP contribution in [0.25, 0.3) is 6.08 Å². The van der Waals surface area contributed by atoms with Crippen molar-refractivity contribution in [1.82, 2.24) is 9.80 Å². The van der Waals surface area contributed by atoms with Crippen LogP contribution in [0, 0.1) is 0 Å². The number of nitrogens with zero attached hydrogens (tertiary/aromatic N) is 3. The van der Waals surface area contributed by atoms with Gasteiger partial charge in [-0.3, -0.25) is 14.5 Å². The van der Waals surface area contributed by atoms with Gasteiger partial charge >= 0.3 is 6.09 Å². The van der Waals surface area contributed by atoms with Crippen LogP contribution < -0.4 is 14.4 Å². The van der Waals surface area contributed by atoms with Crippen molar-refractivity contribution in [1.29, 1.82) is 0 Å². The molecule has 10 heteroatoms. The van der Waals surface area contributed by atoms with Crippen molar-refractivity contribution in [2.24, 2.45) is 0 Å². The van der Waals surface area contributed by atoms with Crippen molar-refractivity contribution in [3.63, 3.8) is 0 Å². The highest BCUT2D eigenvalue weighted by Gasteiger charge is 2.60. The Kier molecular flexibility index (Phi) is 9.95. The van der Waals surface area contributed by atoms with E-state index in [1.54, 1.807) is 67.7 Å². The number of β-lactam (4-membered cyclic amide) rings is 1. The zero-order chi connectivity index (χ0) is 36.2. The Morgan fingerprint density at radius 2 is 1.40 bits per heavy atom. The number of carbonyl (C=O) groups excluding carboxylic acids is 3. The highest BCUT2D eigenvalue weighted by atomic mass is 35.5. The smallest absolute Gasteiger partial charge is 0.413 e. The van der Waals surface area contributed by atoms with Gasteiger partial charge in [-0.05, 0) is 70.8 Å². The number of rotatable bonds is 10. The molecular weight excluding hydrogens is 678 g/mol. The van der Waals surface area contributed by atoms with E-state index in [1.807, 2.05) is 97.1 Å². The number of methoxy groups -OCH3 is 2. The number of benzene rings is 5. The minimum absolute atomic E-state index is 0.00127. The third-order valence-electron chi connectivity index (χ3n) is 9.33. The van der Waals surface area contributed by atoms with E-state index < -0.39 is 36.3 Å². The summed E-state index contributed by atoms with van der Waals surface area (Å²) >= 11 is 6.33. The standard InChI is InChI=1S/C42H36ClN3O6/c1-50-34-23-21-33(22-24-34)44-36(25-16-28-12-9-15-35(26-28)51-2)38(41(44)48)45-39(31-17-19-32(43)20-18-31)46(37(40(45)47)30-13-7-4-8-14-30)42(49)52-27-29-10-5-3-6-11-29/h3-26,36-39H,27H2,1-2H3. The molecule has 2 aliphatic heterocycles. The molecule has 5 aromatic carbocycles. The van der Waals surface area contributed by atoms with Crippen molar-refractivity contribution in [3.05, 3.63) is 167 Å². The highest BCUT2D eigenvalue weighted by molar-refractivity contribution is 6.30. The largest absolute Gasteiger partial charge is 0.497 e. The van der Waals surface area contributed by atoms with E-state index in [4.69, 9.17) is 25.8 Å². The molecule has 0 saturated carbocycles.